The molecule has 12 rings (SSSR count). The number of anilines is 9. The Kier molecular flexibility index (Phi) is 11.3. The third-order valence-electron chi connectivity index (χ3n) is 17.4. The number of fused-ring (bicyclic) bond motifs is 9. The zero-order chi connectivity index (χ0) is 55.7. The van der Waals surface area contributed by atoms with Crippen LogP contribution in [0.4, 0.5) is 51.2 Å². The van der Waals surface area contributed by atoms with Crippen LogP contribution in [0.15, 0.2) is 146 Å². The molecule has 9 aromatic rings. The second-order valence-corrected chi connectivity index (χ2v) is 29.4. The lowest BCUT2D eigenvalue weighted by atomic mass is 9.33. The van der Waals surface area contributed by atoms with Gasteiger partial charge in [0.15, 0.2) is 0 Å². The van der Waals surface area contributed by atoms with Gasteiger partial charge in [0, 0.05) is 50.6 Å². The highest BCUT2D eigenvalue weighted by atomic mass is 15.2. The number of aryl methyl sites for hydroxylation is 1. The largest absolute Gasteiger partial charge is 0.311 e. The van der Waals surface area contributed by atoms with Crippen LogP contribution in [0.1, 0.15) is 164 Å². The molecule has 0 spiro atoms. The van der Waals surface area contributed by atoms with Crippen molar-refractivity contribution in [3.05, 3.63) is 185 Å². The Hall–Kier alpha value is -6.98. The molecular formula is C73H81BN4. The molecule has 0 atom stereocenters. The summed E-state index contributed by atoms with van der Waals surface area (Å²) < 4.78 is 2.65. The quantitative estimate of drug-likeness (QED) is 0.163. The fourth-order valence-electron chi connectivity index (χ4n) is 12.7. The number of benzene rings is 8. The van der Waals surface area contributed by atoms with Crippen molar-refractivity contribution in [1.29, 1.82) is 0 Å². The topological polar surface area (TPSA) is 14.7 Å². The average molecular weight is 1030 g/mol. The van der Waals surface area contributed by atoms with Crippen molar-refractivity contribution in [2.75, 3.05) is 14.7 Å². The van der Waals surface area contributed by atoms with Gasteiger partial charge in [-0.3, -0.25) is 0 Å². The molecule has 0 unspecified atom stereocenters. The van der Waals surface area contributed by atoms with Gasteiger partial charge >= 0.3 is 0 Å². The summed E-state index contributed by atoms with van der Waals surface area (Å²) in [6, 6.07) is 57.8. The average Bonchev–Trinajstić information content (AvgIpc) is 3.61. The SMILES string of the molecule is Cc1cc2c3c(c1)N1c4c(cc(C(C)(C)C)cc4-n4c5ccc(C(C)(C)C)cc5c5cc(C(C)(C)C)cc1c54)B3c1ccc(N(c3ccc(C(C)(C)C)cc3)c3ccc(C(C)(C)C)cc3)cc1N2c1ccc(C(C)(C)C)cc1. The fourth-order valence-corrected chi connectivity index (χ4v) is 12.7. The summed E-state index contributed by atoms with van der Waals surface area (Å²) in [5.41, 5.74) is 27.7. The van der Waals surface area contributed by atoms with Crippen LogP contribution < -0.4 is 31.1 Å². The van der Waals surface area contributed by atoms with Gasteiger partial charge in [-0.05, 0) is 186 Å². The monoisotopic (exact) mass is 1020 g/mol. The molecule has 0 amide bonds. The first-order valence-corrected chi connectivity index (χ1v) is 28.7. The van der Waals surface area contributed by atoms with Crippen molar-refractivity contribution in [1.82, 2.24) is 4.57 Å². The minimum Gasteiger partial charge on any atom is -0.311 e. The molecule has 0 radical (unpaired) electrons. The molecule has 0 aliphatic carbocycles. The first-order valence-electron chi connectivity index (χ1n) is 28.7. The highest BCUT2D eigenvalue weighted by Crippen LogP contribution is 2.55. The van der Waals surface area contributed by atoms with Crippen molar-refractivity contribution in [3.63, 3.8) is 0 Å². The maximum Gasteiger partial charge on any atom is 0.252 e. The van der Waals surface area contributed by atoms with Crippen LogP contribution in [0.2, 0.25) is 0 Å². The highest BCUT2D eigenvalue weighted by Gasteiger charge is 2.47. The van der Waals surface area contributed by atoms with Gasteiger partial charge in [0.1, 0.15) is 0 Å². The van der Waals surface area contributed by atoms with E-state index in [0.717, 1.165) is 22.7 Å². The molecule has 396 valence electrons. The second-order valence-electron chi connectivity index (χ2n) is 29.4. The van der Waals surface area contributed by atoms with Crippen LogP contribution in [0, 0.1) is 6.92 Å². The molecular weight excluding hydrogens is 944 g/mol. The molecule has 0 saturated carbocycles. The lowest BCUT2D eigenvalue weighted by molar-refractivity contribution is 0.590. The summed E-state index contributed by atoms with van der Waals surface area (Å²) in [4.78, 5) is 7.77. The van der Waals surface area contributed by atoms with E-state index >= 15 is 0 Å². The fraction of sp³-hybridized carbons (Fsp3) is 0.342. The van der Waals surface area contributed by atoms with E-state index in [9.17, 15) is 0 Å². The number of rotatable bonds is 4. The van der Waals surface area contributed by atoms with E-state index in [-0.39, 0.29) is 39.2 Å². The molecule has 0 bridgehead atoms. The normalized spacial score (nSPS) is 14.3. The molecule has 0 N–H and O–H groups in total. The first-order chi connectivity index (χ1) is 36.4. The van der Waals surface area contributed by atoms with Crippen LogP contribution in [0.5, 0.6) is 0 Å². The second kappa shape index (κ2) is 17.0. The Labute approximate surface area is 467 Å². The third-order valence-corrected chi connectivity index (χ3v) is 17.4. The van der Waals surface area contributed by atoms with Gasteiger partial charge in [0.2, 0.25) is 0 Å². The molecule has 8 aromatic carbocycles. The van der Waals surface area contributed by atoms with E-state index < -0.39 is 0 Å². The van der Waals surface area contributed by atoms with Crippen molar-refractivity contribution in [2.24, 2.45) is 0 Å². The van der Waals surface area contributed by atoms with Crippen molar-refractivity contribution >= 4 is 96.1 Å². The maximum atomic E-state index is 2.70. The standard InChI is InChI=1S/C73H81BN4/c1-44-36-61-65-62(37-44)78-63-41-49(72(14,15)16)39-56-55-38-48(71(11,12)13)26-35-59(55)77(66(56)63)64-42-50(73(17,18)19)40-58(67(64)78)74(65)57-34-33-54(43-60(57)76(61)53-31-24-47(25-32-53)70(8,9)10)75(51-27-20-45(21-28-51)68(2,3)4)52-29-22-46(23-30-52)69(5,6)7/h20-43H,1-19H3. The molecule has 3 aliphatic heterocycles. The van der Waals surface area contributed by atoms with Gasteiger partial charge < -0.3 is 19.3 Å². The summed E-state index contributed by atoms with van der Waals surface area (Å²) >= 11 is 0. The van der Waals surface area contributed by atoms with Crippen LogP contribution in [-0.4, -0.2) is 11.3 Å². The lowest BCUT2D eigenvalue weighted by Gasteiger charge is -2.47. The number of hydrogen-bond donors (Lipinski definition) is 0. The van der Waals surface area contributed by atoms with E-state index in [0.29, 0.717) is 0 Å². The molecule has 0 saturated heterocycles. The van der Waals surface area contributed by atoms with Crippen LogP contribution in [-0.2, 0) is 32.5 Å². The van der Waals surface area contributed by atoms with E-state index in [1.807, 2.05) is 0 Å². The maximum absolute atomic E-state index is 2.70. The van der Waals surface area contributed by atoms with Crippen LogP contribution in [0.3, 0.4) is 0 Å². The molecule has 4 heterocycles. The van der Waals surface area contributed by atoms with Gasteiger partial charge in [-0.15, -0.1) is 0 Å². The minimum absolute atomic E-state index is 0.000963. The zero-order valence-electron chi connectivity index (χ0n) is 50.2. The number of hydrogen-bond acceptors (Lipinski definition) is 3. The van der Waals surface area contributed by atoms with Gasteiger partial charge in [-0.25, -0.2) is 0 Å². The number of aromatic nitrogens is 1. The zero-order valence-corrected chi connectivity index (χ0v) is 50.2. The predicted molar refractivity (Wildman–Crippen MR) is 340 cm³/mol. The van der Waals surface area contributed by atoms with Gasteiger partial charge in [-0.1, -0.05) is 179 Å². The summed E-state index contributed by atoms with van der Waals surface area (Å²) in [7, 11) is 0. The van der Waals surface area contributed by atoms with E-state index in [2.05, 4.69) is 296 Å². The molecule has 1 aromatic heterocycles. The lowest BCUT2D eigenvalue weighted by Crippen LogP contribution is -2.62. The van der Waals surface area contributed by atoms with E-state index in [1.54, 1.807) is 0 Å². The summed E-state index contributed by atoms with van der Waals surface area (Å²) in [6.45, 7) is 44.3. The molecule has 5 heteroatoms. The van der Waals surface area contributed by atoms with E-state index in [4.69, 9.17) is 0 Å². The predicted octanol–water partition coefficient (Wildman–Crippen LogP) is 18.7. The van der Waals surface area contributed by atoms with Gasteiger partial charge in [-0.2, -0.15) is 0 Å². The first kappa shape index (κ1) is 51.8. The molecule has 78 heavy (non-hydrogen) atoms. The van der Waals surface area contributed by atoms with Gasteiger partial charge in [0.05, 0.1) is 28.1 Å². The smallest absolute Gasteiger partial charge is 0.252 e. The Morgan fingerprint density at radius 2 is 0.795 bits per heavy atom. The van der Waals surface area contributed by atoms with Crippen molar-refractivity contribution in [3.8, 4) is 5.69 Å². The third kappa shape index (κ3) is 8.23. The summed E-state index contributed by atoms with van der Waals surface area (Å²) in [6.07, 6.45) is 0. The summed E-state index contributed by atoms with van der Waals surface area (Å²) in [5, 5.41) is 2.64. The van der Waals surface area contributed by atoms with Crippen molar-refractivity contribution < 1.29 is 0 Å². The Morgan fingerprint density at radius 1 is 0.346 bits per heavy atom. The number of nitrogens with zero attached hydrogens (tertiary/aromatic N) is 4. The van der Waals surface area contributed by atoms with Crippen molar-refractivity contribution in [2.45, 2.75) is 164 Å². The van der Waals surface area contributed by atoms with Crippen LogP contribution in [0.25, 0.3) is 27.5 Å². The molecule has 4 nitrogen and oxygen atoms in total. The minimum atomic E-state index is -0.127. The molecule has 3 aliphatic rings. The Bertz CT molecular complexity index is 3850. The molecule has 0 fully saturated rings. The Balaban J connectivity index is 1.19. The van der Waals surface area contributed by atoms with Gasteiger partial charge in [0.25, 0.3) is 6.71 Å². The van der Waals surface area contributed by atoms with E-state index in [1.165, 1.54) is 111 Å². The van der Waals surface area contributed by atoms with Crippen LogP contribution >= 0.6 is 0 Å². The Morgan fingerprint density at radius 3 is 1.32 bits per heavy atom. The summed E-state index contributed by atoms with van der Waals surface area (Å²) in [5.74, 6) is 0. The highest BCUT2D eigenvalue weighted by molar-refractivity contribution is 7.00.